The number of nitrogens with two attached hydrogens (primary N) is 1. The van der Waals surface area contributed by atoms with Gasteiger partial charge < -0.3 is 21.3 Å². The standard InChI is InChI=1S/C15H26N4O2/c16-14(21)18-9-11-2-1-7-19(10-11)13(20)12-8-15(12)3-5-17-6-4-15/h11-12,17H,1-10H2,(H3,16,18,21). The number of hydrogen-bond donors (Lipinski definition) is 3. The number of carbonyl (C=O) groups is 2. The summed E-state index contributed by atoms with van der Waals surface area (Å²) >= 11 is 0. The van der Waals surface area contributed by atoms with Crippen molar-refractivity contribution in [3.8, 4) is 0 Å². The Morgan fingerprint density at radius 2 is 2.10 bits per heavy atom. The van der Waals surface area contributed by atoms with Crippen molar-refractivity contribution in [3.05, 3.63) is 0 Å². The summed E-state index contributed by atoms with van der Waals surface area (Å²) in [6.07, 6.45) is 5.45. The summed E-state index contributed by atoms with van der Waals surface area (Å²) in [7, 11) is 0. The van der Waals surface area contributed by atoms with Gasteiger partial charge in [-0.3, -0.25) is 4.79 Å². The molecule has 6 heteroatoms. The number of likely N-dealkylation sites (tertiary alicyclic amines) is 1. The molecule has 2 saturated heterocycles. The van der Waals surface area contributed by atoms with Gasteiger partial charge in [0, 0.05) is 25.6 Å². The van der Waals surface area contributed by atoms with E-state index in [1.807, 2.05) is 4.90 Å². The zero-order valence-electron chi connectivity index (χ0n) is 12.6. The van der Waals surface area contributed by atoms with E-state index in [1.165, 1.54) is 0 Å². The van der Waals surface area contributed by atoms with Gasteiger partial charge in [0.25, 0.3) is 0 Å². The van der Waals surface area contributed by atoms with Crippen molar-refractivity contribution in [1.82, 2.24) is 15.5 Å². The van der Waals surface area contributed by atoms with E-state index < -0.39 is 6.03 Å². The Kier molecular flexibility index (Phi) is 4.06. The first-order chi connectivity index (χ1) is 10.1. The van der Waals surface area contributed by atoms with Crippen LogP contribution in [-0.4, -0.2) is 49.6 Å². The molecule has 0 radical (unpaired) electrons. The van der Waals surface area contributed by atoms with Crippen LogP contribution in [0.2, 0.25) is 0 Å². The van der Waals surface area contributed by atoms with Crippen LogP contribution in [0.4, 0.5) is 4.79 Å². The fourth-order valence-electron chi connectivity index (χ4n) is 4.07. The number of carbonyl (C=O) groups excluding carboxylic acids is 2. The summed E-state index contributed by atoms with van der Waals surface area (Å²) < 4.78 is 0. The van der Waals surface area contributed by atoms with Gasteiger partial charge in [-0.25, -0.2) is 4.79 Å². The van der Waals surface area contributed by atoms with E-state index in [9.17, 15) is 9.59 Å². The molecule has 0 bridgehead atoms. The largest absolute Gasteiger partial charge is 0.352 e. The molecule has 0 aromatic heterocycles. The highest BCUT2D eigenvalue weighted by Crippen LogP contribution is 2.59. The number of nitrogens with one attached hydrogen (secondary N) is 2. The first kappa shape index (κ1) is 14.6. The third kappa shape index (κ3) is 3.15. The average Bonchev–Trinajstić information content (AvgIpc) is 3.18. The number of hydrogen-bond acceptors (Lipinski definition) is 3. The normalized spacial score (nSPS) is 31.0. The van der Waals surface area contributed by atoms with Crippen LogP contribution in [0.1, 0.15) is 32.1 Å². The second-order valence-electron chi connectivity index (χ2n) is 6.91. The van der Waals surface area contributed by atoms with Gasteiger partial charge in [0.2, 0.25) is 5.91 Å². The fraction of sp³-hybridized carbons (Fsp3) is 0.867. The number of amides is 3. The zero-order valence-corrected chi connectivity index (χ0v) is 12.6. The second kappa shape index (κ2) is 5.83. The van der Waals surface area contributed by atoms with E-state index in [4.69, 9.17) is 5.73 Å². The zero-order chi connectivity index (χ0) is 14.9. The van der Waals surface area contributed by atoms with E-state index in [1.54, 1.807) is 0 Å². The summed E-state index contributed by atoms with van der Waals surface area (Å²) in [5.41, 5.74) is 5.43. The summed E-state index contributed by atoms with van der Waals surface area (Å²) in [6.45, 7) is 4.32. The Morgan fingerprint density at radius 3 is 2.81 bits per heavy atom. The maximum absolute atomic E-state index is 12.7. The minimum Gasteiger partial charge on any atom is -0.352 e. The highest BCUT2D eigenvalue weighted by atomic mass is 16.2. The molecule has 6 nitrogen and oxygen atoms in total. The molecular weight excluding hydrogens is 268 g/mol. The third-order valence-corrected chi connectivity index (χ3v) is 5.48. The van der Waals surface area contributed by atoms with Crippen LogP contribution in [0.3, 0.4) is 0 Å². The molecule has 1 aliphatic carbocycles. The molecule has 1 spiro atoms. The van der Waals surface area contributed by atoms with E-state index in [2.05, 4.69) is 10.6 Å². The lowest BCUT2D eigenvalue weighted by atomic mass is 9.91. The maximum Gasteiger partial charge on any atom is 0.312 e. The molecule has 2 atom stereocenters. The van der Waals surface area contributed by atoms with Crippen molar-refractivity contribution in [2.75, 3.05) is 32.7 Å². The van der Waals surface area contributed by atoms with Gasteiger partial charge in [-0.05, 0) is 56.5 Å². The topological polar surface area (TPSA) is 87.5 Å². The first-order valence-corrected chi connectivity index (χ1v) is 8.13. The van der Waals surface area contributed by atoms with Crippen LogP contribution in [0.5, 0.6) is 0 Å². The number of urea groups is 1. The molecule has 2 unspecified atom stereocenters. The molecular formula is C15H26N4O2. The summed E-state index contributed by atoms with van der Waals surface area (Å²) in [6, 6.07) is -0.477. The van der Waals surface area contributed by atoms with Crippen molar-refractivity contribution in [2.45, 2.75) is 32.1 Å². The minimum absolute atomic E-state index is 0.252. The van der Waals surface area contributed by atoms with Crippen LogP contribution in [0.15, 0.2) is 0 Å². The van der Waals surface area contributed by atoms with Gasteiger partial charge in [-0.1, -0.05) is 0 Å². The maximum atomic E-state index is 12.7. The molecule has 1 saturated carbocycles. The lowest BCUT2D eigenvalue weighted by molar-refractivity contribution is -0.135. The first-order valence-electron chi connectivity index (χ1n) is 8.13. The number of piperidine rings is 2. The monoisotopic (exact) mass is 294 g/mol. The second-order valence-corrected chi connectivity index (χ2v) is 6.91. The highest BCUT2D eigenvalue weighted by Gasteiger charge is 2.58. The molecule has 3 aliphatic rings. The van der Waals surface area contributed by atoms with Gasteiger partial charge in [-0.2, -0.15) is 0 Å². The van der Waals surface area contributed by atoms with E-state index >= 15 is 0 Å². The van der Waals surface area contributed by atoms with Gasteiger partial charge in [0.05, 0.1) is 0 Å². The Hall–Kier alpha value is -1.30. The van der Waals surface area contributed by atoms with Gasteiger partial charge in [0.1, 0.15) is 0 Å². The Bertz CT molecular complexity index is 420. The Balaban J connectivity index is 1.52. The lowest BCUT2D eigenvalue weighted by Crippen LogP contribution is -2.45. The van der Waals surface area contributed by atoms with Crippen LogP contribution >= 0.6 is 0 Å². The van der Waals surface area contributed by atoms with Crippen molar-refractivity contribution in [1.29, 1.82) is 0 Å². The van der Waals surface area contributed by atoms with Crippen molar-refractivity contribution in [2.24, 2.45) is 23.0 Å². The van der Waals surface area contributed by atoms with Crippen LogP contribution in [0, 0.1) is 17.3 Å². The highest BCUT2D eigenvalue weighted by molar-refractivity contribution is 5.83. The van der Waals surface area contributed by atoms with Crippen LogP contribution in [0.25, 0.3) is 0 Å². The molecule has 2 aliphatic heterocycles. The smallest absolute Gasteiger partial charge is 0.312 e. The molecule has 3 fully saturated rings. The molecule has 4 N–H and O–H groups in total. The third-order valence-electron chi connectivity index (χ3n) is 5.48. The van der Waals surface area contributed by atoms with E-state index in [0.717, 1.165) is 58.3 Å². The van der Waals surface area contributed by atoms with Gasteiger partial charge in [0.15, 0.2) is 0 Å². The van der Waals surface area contributed by atoms with Gasteiger partial charge >= 0.3 is 6.03 Å². The SMILES string of the molecule is NC(=O)NCC1CCCN(C(=O)C2CC23CCNCC3)C1. The van der Waals surface area contributed by atoms with Crippen molar-refractivity contribution in [3.63, 3.8) is 0 Å². The number of primary amides is 1. The number of nitrogens with zero attached hydrogens (tertiary/aromatic N) is 1. The summed E-state index contributed by atoms with van der Waals surface area (Å²) in [5.74, 6) is 0.945. The fourth-order valence-corrected chi connectivity index (χ4v) is 4.07. The molecule has 3 amide bonds. The average molecular weight is 294 g/mol. The molecule has 3 rings (SSSR count). The molecule has 0 aromatic carbocycles. The molecule has 0 aromatic rings. The Morgan fingerprint density at radius 1 is 1.33 bits per heavy atom. The summed E-state index contributed by atoms with van der Waals surface area (Å²) in [4.78, 5) is 25.5. The minimum atomic E-state index is -0.477. The summed E-state index contributed by atoms with van der Waals surface area (Å²) in [5, 5.41) is 6.05. The van der Waals surface area contributed by atoms with Crippen molar-refractivity contribution >= 4 is 11.9 Å². The Labute approximate surface area is 125 Å². The van der Waals surface area contributed by atoms with E-state index in [-0.39, 0.29) is 5.92 Å². The molecule has 118 valence electrons. The number of rotatable bonds is 3. The molecule has 2 heterocycles. The van der Waals surface area contributed by atoms with E-state index in [0.29, 0.717) is 23.8 Å². The van der Waals surface area contributed by atoms with Crippen LogP contribution in [-0.2, 0) is 4.79 Å². The predicted octanol–water partition coefficient (Wildman–Crippen LogP) is 0.283. The van der Waals surface area contributed by atoms with Crippen LogP contribution < -0.4 is 16.4 Å². The lowest BCUT2D eigenvalue weighted by Gasteiger charge is -2.34. The van der Waals surface area contributed by atoms with Gasteiger partial charge in [-0.15, -0.1) is 0 Å². The quantitative estimate of drug-likeness (QED) is 0.699. The molecule has 21 heavy (non-hydrogen) atoms. The van der Waals surface area contributed by atoms with Crippen molar-refractivity contribution < 1.29 is 9.59 Å². The predicted molar refractivity (Wildman–Crippen MR) is 79.5 cm³/mol.